The number of hydrogen-bond donors (Lipinski definition) is 2. The Morgan fingerprint density at radius 3 is 2.67 bits per heavy atom. The number of carbonyl (C=O) groups is 2. The van der Waals surface area contributed by atoms with Crippen molar-refractivity contribution in [3.8, 4) is 5.88 Å². The molecule has 2 aromatic heterocycles. The van der Waals surface area contributed by atoms with Crippen LogP contribution in [0.15, 0.2) is 59.0 Å². The number of benzene rings is 1. The Labute approximate surface area is 155 Å². The molecule has 0 radical (unpaired) electrons. The van der Waals surface area contributed by atoms with Crippen molar-refractivity contribution >= 4 is 28.4 Å². The van der Waals surface area contributed by atoms with Crippen molar-refractivity contribution in [3.63, 3.8) is 0 Å². The Morgan fingerprint density at radius 1 is 1.19 bits per heavy atom. The molecule has 1 aromatic carbocycles. The highest BCUT2D eigenvalue weighted by Crippen LogP contribution is 2.38. The van der Waals surface area contributed by atoms with E-state index in [1.807, 2.05) is 31.2 Å². The van der Waals surface area contributed by atoms with Crippen LogP contribution in [0.2, 0.25) is 0 Å². The van der Waals surface area contributed by atoms with Crippen LogP contribution in [-0.4, -0.2) is 33.0 Å². The molecule has 0 saturated heterocycles. The first-order valence-electron chi connectivity index (χ1n) is 8.54. The van der Waals surface area contributed by atoms with Crippen LogP contribution < -0.4 is 5.32 Å². The molecule has 3 aromatic rings. The van der Waals surface area contributed by atoms with E-state index in [1.54, 1.807) is 16.7 Å². The van der Waals surface area contributed by atoms with Gasteiger partial charge in [-0.05, 0) is 24.6 Å². The molecule has 2 N–H and O–H groups in total. The SMILES string of the molecule is CCCn1c(O)c(N=NC(=O)CNC(=O)c2ccncc2)c2ccccc21. The molecule has 0 spiro atoms. The highest BCUT2D eigenvalue weighted by atomic mass is 16.3. The molecule has 0 aliphatic carbocycles. The largest absolute Gasteiger partial charge is 0.493 e. The van der Waals surface area contributed by atoms with Gasteiger partial charge in [0, 0.05) is 29.9 Å². The molecule has 0 bridgehead atoms. The number of nitrogens with zero attached hydrogens (tertiary/aromatic N) is 4. The summed E-state index contributed by atoms with van der Waals surface area (Å²) in [5.74, 6) is -1.05. The molecule has 0 aliphatic rings. The van der Waals surface area contributed by atoms with Gasteiger partial charge in [0.25, 0.3) is 11.8 Å². The van der Waals surface area contributed by atoms with Gasteiger partial charge in [0.2, 0.25) is 5.88 Å². The first kappa shape index (κ1) is 18.2. The van der Waals surface area contributed by atoms with Gasteiger partial charge in [-0.1, -0.05) is 25.1 Å². The van der Waals surface area contributed by atoms with Crippen molar-refractivity contribution in [2.24, 2.45) is 10.2 Å². The minimum absolute atomic E-state index is 0.0320. The Morgan fingerprint density at radius 2 is 1.93 bits per heavy atom. The molecule has 0 saturated carbocycles. The average Bonchev–Trinajstić information content (AvgIpc) is 2.97. The van der Waals surface area contributed by atoms with Crippen LogP contribution in [0.25, 0.3) is 10.9 Å². The third-order valence-electron chi connectivity index (χ3n) is 3.97. The summed E-state index contributed by atoms with van der Waals surface area (Å²) in [7, 11) is 0. The fraction of sp³-hybridized carbons (Fsp3) is 0.211. The van der Waals surface area contributed by atoms with Crippen LogP contribution in [0.1, 0.15) is 23.7 Å². The predicted octanol–water partition coefficient (Wildman–Crippen LogP) is 3.19. The van der Waals surface area contributed by atoms with Crippen molar-refractivity contribution in [3.05, 3.63) is 54.4 Å². The van der Waals surface area contributed by atoms with E-state index in [2.05, 4.69) is 20.5 Å². The summed E-state index contributed by atoms with van der Waals surface area (Å²) in [5, 5.41) is 21.2. The second kappa shape index (κ2) is 8.22. The van der Waals surface area contributed by atoms with Gasteiger partial charge in [0.05, 0.1) is 5.52 Å². The number of para-hydroxylation sites is 1. The summed E-state index contributed by atoms with van der Waals surface area (Å²) in [6, 6.07) is 10.5. The van der Waals surface area contributed by atoms with E-state index in [1.165, 1.54) is 12.4 Å². The molecular weight excluding hydrogens is 346 g/mol. The first-order valence-corrected chi connectivity index (χ1v) is 8.54. The van der Waals surface area contributed by atoms with E-state index in [-0.39, 0.29) is 18.1 Å². The standard InChI is InChI=1S/C19H19N5O3/c1-2-11-24-15-6-4-3-5-14(15)17(19(24)27)23-22-16(25)12-21-18(26)13-7-9-20-10-8-13/h3-10,27H,2,11-12H2,1H3,(H,21,26). The van der Waals surface area contributed by atoms with Gasteiger partial charge in [-0.2, -0.15) is 0 Å². The first-order chi connectivity index (χ1) is 13.1. The summed E-state index contributed by atoms with van der Waals surface area (Å²) < 4.78 is 1.74. The van der Waals surface area contributed by atoms with Crippen molar-refractivity contribution in [1.82, 2.24) is 14.9 Å². The maximum Gasteiger partial charge on any atom is 0.283 e. The third kappa shape index (κ3) is 4.00. The van der Waals surface area contributed by atoms with E-state index >= 15 is 0 Å². The molecule has 2 amide bonds. The second-order valence-electron chi connectivity index (χ2n) is 5.85. The van der Waals surface area contributed by atoms with Crippen LogP contribution in [0.4, 0.5) is 5.69 Å². The van der Waals surface area contributed by atoms with Gasteiger partial charge in [-0.25, -0.2) is 0 Å². The molecule has 0 atom stereocenters. The molecule has 8 heteroatoms. The van der Waals surface area contributed by atoms with E-state index < -0.39 is 11.8 Å². The van der Waals surface area contributed by atoms with Gasteiger partial charge >= 0.3 is 0 Å². The normalized spacial score (nSPS) is 11.1. The molecule has 3 rings (SSSR count). The average molecular weight is 365 g/mol. The highest BCUT2D eigenvalue weighted by Gasteiger charge is 2.16. The Bertz CT molecular complexity index is 995. The third-order valence-corrected chi connectivity index (χ3v) is 3.97. The second-order valence-corrected chi connectivity index (χ2v) is 5.85. The number of aryl methyl sites for hydroxylation is 1. The van der Waals surface area contributed by atoms with Crippen molar-refractivity contribution < 1.29 is 14.7 Å². The van der Waals surface area contributed by atoms with Gasteiger partial charge < -0.3 is 15.0 Å². The number of pyridine rings is 1. The lowest BCUT2D eigenvalue weighted by molar-refractivity contribution is -0.117. The lowest BCUT2D eigenvalue weighted by Gasteiger charge is -2.03. The quantitative estimate of drug-likeness (QED) is 0.654. The van der Waals surface area contributed by atoms with Gasteiger partial charge in [-0.3, -0.25) is 14.6 Å². The minimum Gasteiger partial charge on any atom is -0.493 e. The van der Waals surface area contributed by atoms with Crippen LogP contribution in [0.3, 0.4) is 0 Å². The van der Waals surface area contributed by atoms with Gasteiger partial charge in [0.1, 0.15) is 6.54 Å². The van der Waals surface area contributed by atoms with E-state index in [0.29, 0.717) is 17.5 Å². The topological polar surface area (TPSA) is 109 Å². The number of carbonyl (C=O) groups excluding carboxylic acids is 2. The maximum atomic E-state index is 12.0. The molecule has 27 heavy (non-hydrogen) atoms. The Kier molecular flexibility index (Phi) is 5.55. The van der Waals surface area contributed by atoms with Crippen LogP contribution in [0.5, 0.6) is 5.88 Å². The summed E-state index contributed by atoms with van der Waals surface area (Å²) >= 11 is 0. The summed E-state index contributed by atoms with van der Waals surface area (Å²) in [6.07, 6.45) is 3.82. The predicted molar refractivity (Wildman–Crippen MR) is 100.0 cm³/mol. The summed E-state index contributed by atoms with van der Waals surface area (Å²) in [5.41, 5.74) is 1.46. The van der Waals surface area contributed by atoms with Crippen molar-refractivity contribution in [1.29, 1.82) is 0 Å². The zero-order chi connectivity index (χ0) is 19.2. The monoisotopic (exact) mass is 365 g/mol. The smallest absolute Gasteiger partial charge is 0.283 e. The Hall–Kier alpha value is -3.55. The molecular formula is C19H19N5O3. The van der Waals surface area contributed by atoms with Crippen LogP contribution in [0, 0.1) is 0 Å². The van der Waals surface area contributed by atoms with E-state index in [4.69, 9.17) is 0 Å². The molecule has 2 heterocycles. The Balaban J connectivity index is 1.73. The van der Waals surface area contributed by atoms with Crippen molar-refractivity contribution in [2.75, 3.05) is 6.54 Å². The number of amides is 2. The van der Waals surface area contributed by atoms with E-state index in [9.17, 15) is 14.7 Å². The summed E-state index contributed by atoms with van der Waals surface area (Å²) in [4.78, 5) is 27.7. The number of aromatic hydroxyl groups is 1. The lowest BCUT2D eigenvalue weighted by atomic mass is 10.2. The van der Waals surface area contributed by atoms with Gasteiger partial charge in [0.15, 0.2) is 5.69 Å². The molecule has 138 valence electrons. The molecule has 0 unspecified atom stereocenters. The highest BCUT2D eigenvalue weighted by molar-refractivity contribution is 5.97. The molecule has 0 aliphatic heterocycles. The van der Waals surface area contributed by atoms with E-state index in [0.717, 1.165) is 11.9 Å². The number of hydrogen-bond acceptors (Lipinski definition) is 5. The maximum absolute atomic E-state index is 12.0. The number of fused-ring (bicyclic) bond motifs is 1. The summed E-state index contributed by atoms with van der Waals surface area (Å²) in [6.45, 7) is 2.33. The minimum atomic E-state index is -0.621. The fourth-order valence-corrected chi connectivity index (χ4v) is 2.72. The zero-order valence-corrected chi connectivity index (χ0v) is 14.8. The van der Waals surface area contributed by atoms with Crippen LogP contribution in [-0.2, 0) is 11.3 Å². The number of nitrogens with one attached hydrogen (secondary N) is 1. The van der Waals surface area contributed by atoms with Crippen LogP contribution >= 0.6 is 0 Å². The zero-order valence-electron chi connectivity index (χ0n) is 14.8. The molecule has 0 fully saturated rings. The number of azo groups is 1. The number of rotatable bonds is 6. The lowest BCUT2D eigenvalue weighted by Crippen LogP contribution is -2.28. The van der Waals surface area contributed by atoms with Crippen molar-refractivity contribution in [2.45, 2.75) is 19.9 Å². The fourth-order valence-electron chi connectivity index (χ4n) is 2.72. The molecule has 8 nitrogen and oxygen atoms in total. The number of aromatic nitrogens is 2. The van der Waals surface area contributed by atoms with Gasteiger partial charge in [-0.15, -0.1) is 10.2 Å².